The number of ether oxygens (including phenoxy) is 3. The number of methoxy groups -OCH3 is 1. The Morgan fingerprint density at radius 3 is 2.31 bits per heavy atom. The molecule has 3 aromatic carbocycles. The molecule has 2 aromatic heterocycles. The largest absolute Gasteiger partial charge is 0.467 e. The summed E-state index contributed by atoms with van der Waals surface area (Å²) < 4.78 is 17.9. The van der Waals surface area contributed by atoms with E-state index in [0.29, 0.717) is 11.0 Å². The molecule has 0 fully saturated rings. The number of rotatable bonds is 8. The predicted octanol–water partition coefficient (Wildman–Crippen LogP) is 8.48. The van der Waals surface area contributed by atoms with Crippen molar-refractivity contribution in [3.8, 4) is 38.8 Å². The Hall–Kier alpha value is -3.85. The fraction of sp³-hybridized carbons (Fsp3) is 0.273. The lowest BCUT2D eigenvalue weighted by molar-refractivity contribution is -0.166. The minimum absolute atomic E-state index is 0.251. The molecular weight excluding hydrogens is 570 g/mol. The molecule has 9 heteroatoms. The number of thiazole rings is 1. The molecule has 1 atom stereocenters. The van der Waals surface area contributed by atoms with Crippen LogP contribution in [0.15, 0.2) is 67.0 Å². The van der Waals surface area contributed by atoms with Crippen LogP contribution in [0.2, 0.25) is 5.02 Å². The molecule has 2 heterocycles. The Bertz CT molecular complexity index is 1730. The highest BCUT2D eigenvalue weighted by atomic mass is 35.5. The number of aryl methyl sites for hydroxylation is 1. The van der Waals surface area contributed by atoms with Gasteiger partial charge in [-0.25, -0.2) is 19.7 Å². The number of hydrogen-bond acceptors (Lipinski definition) is 8. The molecule has 0 unspecified atom stereocenters. The highest BCUT2D eigenvalue weighted by Crippen LogP contribution is 2.45. The zero-order valence-electron chi connectivity index (χ0n) is 24.4. The lowest BCUT2D eigenvalue weighted by atomic mass is 9.91. The van der Waals surface area contributed by atoms with Crippen LogP contribution in [0.5, 0.6) is 6.01 Å². The minimum atomic E-state index is -0.927. The van der Waals surface area contributed by atoms with Crippen LogP contribution in [0, 0.1) is 6.92 Å². The lowest BCUT2D eigenvalue weighted by Gasteiger charge is -2.29. The van der Waals surface area contributed by atoms with Crippen molar-refractivity contribution in [1.29, 1.82) is 0 Å². The standard InChI is InChI=1S/C33H32ClN3O4S/c1-7-40-31(38)28(41-33(3,4)5)26-19(2)15-25-29(27(26)20-11-13-24(34)14-12-20)42-30(37-25)22-10-8-9-21(16-22)23-17-35-32(39-6)36-18-23/h8-18,28H,7H2,1-6H3/t28-/m0/s1. The van der Waals surface area contributed by atoms with Crippen LogP contribution in [0.1, 0.15) is 44.9 Å². The monoisotopic (exact) mass is 601 g/mol. The van der Waals surface area contributed by atoms with Crippen LogP contribution in [-0.2, 0) is 14.3 Å². The van der Waals surface area contributed by atoms with Gasteiger partial charge in [-0.15, -0.1) is 11.3 Å². The van der Waals surface area contributed by atoms with Gasteiger partial charge in [0.15, 0.2) is 6.10 Å². The summed E-state index contributed by atoms with van der Waals surface area (Å²) in [7, 11) is 1.54. The number of halogens is 1. The number of carbonyl (C=O) groups is 1. The van der Waals surface area contributed by atoms with E-state index >= 15 is 0 Å². The molecule has 42 heavy (non-hydrogen) atoms. The topological polar surface area (TPSA) is 83.4 Å². The van der Waals surface area contributed by atoms with Crippen molar-refractivity contribution in [2.75, 3.05) is 13.7 Å². The number of hydrogen-bond donors (Lipinski definition) is 0. The Labute approximate surface area is 254 Å². The van der Waals surface area contributed by atoms with Crippen molar-refractivity contribution in [2.45, 2.75) is 46.3 Å². The molecule has 0 bridgehead atoms. The Kier molecular flexibility index (Phi) is 8.59. The number of benzene rings is 3. The smallest absolute Gasteiger partial charge is 0.339 e. The maximum absolute atomic E-state index is 13.4. The zero-order chi connectivity index (χ0) is 30.0. The van der Waals surface area contributed by atoms with Crippen LogP contribution < -0.4 is 4.74 Å². The van der Waals surface area contributed by atoms with Gasteiger partial charge < -0.3 is 14.2 Å². The van der Waals surface area contributed by atoms with Gasteiger partial charge in [0.1, 0.15) is 5.01 Å². The van der Waals surface area contributed by atoms with Crippen molar-refractivity contribution >= 4 is 39.1 Å². The molecule has 216 valence electrons. The first-order chi connectivity index (χ1) is 20.1. The van der Waals surface area contributed by atoms with Gasteiger partial charge in [-0.1, -0.05) is 41.9 Å². The van der Waals surface area contributed by atoms with E-state index in [1.807, 2.05) is 76.2 Å². The van der Waals surface area contributed by atoms with Crippen molar-refractivity contribution < 1.29 is 19.0 Å². The van der Waals surface area contributed by atoms with Crippen LogP contribution in [0.4, 0.5) is 0 Å². The Morgan fingerprint density at radius 1 is 0.976 bits per heavy atom. The fourth-order valence-corrected chi connectivity index (χ4v) is 6.02. The Balaban J connectivity index is 1.71. The van der Waals surface area contributed by atoms with E-state index in [9.17, 15) is 4.79 Å². The van der Waals surface area contributed by atoms with Crippen LogP contribution in [0.25, 0.3) is 43.0 Å². The summed E-state index contributed by atoms with van der Waals surface area (Å²) in [5.41, 5.74) is 6.47. The lowest BCUT2D eigenvalue weighted by Crippen LogP contribution is -2.29. The zero-order valence-corrected chi connectivity index (χ0v) is 26.0. The van der Waals surface area contributed by atoms with Gasteiger partial charge >= 0.3 is 12.0 Å². The third kappa shape index (κ3) is 6.31. The second-order valence-electron chi connectivity index (χ2n) is 10.8. The van der Waals surface area contributed by atoms with E-state index in [-0.39, 0.29) is 6.61 Å². The highest BCUT2D eigenvalue weighted by molar-refractivity contribution is 7.22. The molecule has 0 N–H and O–H groups in total. The number of nitrogens with zero attached hydrogens (tertiary/aromatic N) is 3. The molecule has 0 aliphatic heterocycles. The molecule has 5 aromatic rings. The summed E-state index contributed by atoms with van der Waals surface area (Å²) in [6, 6.07) is 18.1. The number of esters is 1. The second-order valence-corrected chi connectivity index (χ2v) is 12.2. The molecule has 0 amide bonds. The van der Waals surface area contributed by atoms with E-state index in [2.05, 4.69) is 16.0 Å². The van der Waals surface area contributed by atoms with E-state index in [0.717, 1.165) is 54.2 Å². The SMILES string of the molecule is CCOC(=O)[C@@H](OC(C)(C)C)c1c(C)cc2nc(-c3cccc(-c4cnc(OC)nc4)c3)sc2c1-c1ccc(Cl)cc1. The molecule has 5 rings (SSSR count). The van der Waals surface area contributed by atoms with Gasteiger partial charge in [0.05, 0.1) is 29.5 Å². The minimum Gasteiger partial charge on any atom is -0.467 e. The Morgan fingerprint density at radius 2 is 1.67 bits per heavy atom. The van der Waals surface area contributed by atoms with Crippen LogP contribution >= 0.6 is 22.9 Å². The van der Waals surface area contributed by atoms with Gasteiger partial charge in [0, 0.05) is 39.7 Å². The summed E-state index contributed by atoms with van der Waals surface area (Å²) in [5, 5.41) is 1.47. The summed E-state index contributed by atoms with van der Waals surface area (Å²) in [4.78, 5) is 26.9. The molecule has 0 saturated carbocycles. The maximum Gasteiger partial charge on any atom is 0.339 e. The third-order valence-corrected chi connectivity index (χ3v) is 7.94. The summed E-state index contributed by atoms with van der Waals surface area (Å²) >= 11 is 7.84. The fourth-order valence-electron chi connectivity index (χ4n) is 4.77. The number of carbonyl (C=O) groups excluding carboxylic acids is 1. The van der Waals surface area contributed by atoms with Crippen molar-refractivity contribution in [3.05, 3.63) is 83.1 Å². The molecule has 0 radical (unpaired) electrons. The quantitative estimate of drug-likeness (QED) is 0.165. The van der Waals surface area contributed by atoms with Crippen LogP contribution in [0.3, 0.4) is 0 Å². The van der Waals surface area contributed by atoms with Gasteiger partial charge in [-0.3, -0.25) is 0 Å². The second kappa shape index (κ2) is 12.2. The molecule has 0 aliphatic rings. The number of fused-ring (bicyclic) bond motifs is 1. The van der Waals surface area contributed by atoms with Gasteiger partial charge in [0.25, 0.3) is 0 Å². The van der Waals surface area contributed by atoms with E-state index in [4.69, 9.17) is 30.8 Å². The van der Waals surface area contributed by atoms with E-state index in [1.165, 1.54) is 0 Å². The van der Waals surface area contributed by atoms with E-state index < -0.39 is 17.7 Å². The third-order valence-electron chi connectivity index (χ3n) is 6.55. The molecular formula is C33H32ClN3O4S. The first-order valence-electron chi connectivity index (χ1n) is 13.6. The van der Waals surface area contributed by atoms with Crippen molar-refractivity contribution in [2.24, 2.45) is 0 Å². The van der Waals surface area contributed by atoms with Gasteiger partial charge in [0.2, 0.25) is 0 Å². The van der Waals surface area contributed by atoms with E-state index in [1.54, 1.807) is 37.8 Å². The maximum atomic E-state index is 13.4. The summed E-state index contributed by atoms with van der Waals surface area (Å²) in [6.45, 7) is 9.82. The van der Waals surface area contributed by atoms with Crippen molar-refractivity contribution in [1.82, 2.24) is 15.0 Å². The van der Waals surface area contributed by atoms with Gasteiger partial charge in [-0.05, 0) is 75.6 Å². The molecule has 0 saturated heterocycles. The van der Waals surface area contributed by atoms with Crippen molar-refractivity contribution in [3.63, 3.8) is 0 Å². The summed E-state index contributed by atoms with van der Waals surface area (Å²) in [6.07, 6.45) is 2.55. The molecule has 0 aliphatic carbocycles. The molecule has 0 spiro atoms. The van der Waals surface area contributed by atoms with Crippen LogP contribution in [-0.4, -0.2) is 40.2 Å². The average Bonchev–Trinajstić information content (AvgIpc) is 3.39. The first-order valence-corrected chi connectivity index (χ1v) is 14.8. The highest BCUT2D eigenvalue weighted by Gasteiger charge is 2.33. The average molecular weight is 602 g/mol. The predicted molar refractivity (Wildman–Crippen MR) is 168 cm³/mol. The first kappa shape index (κ1) is 29.6. The number of aromatic nitrogens is 3. The normalized spacial score (nSPS) is 12.4. The molecule has 7 nitrogen and oxygen atoms in total. The summed E-state index contributed by atoms with van der Waals surface area (Å²) in [5.74, 6) is -0.427. The van der Waals surface area contributed by atoms with Gasteiger partial charge in [-0.2, -0.15) is 0 Å².